The zero-order valence-corrected chi connectivity index (χ0v) is 15.4. The number of nitrogens with one attached hydrogen (secondary N) is 1. The van der Waals surface area contributed by atoms with Crippen molar-refractivity contribution in [1.82, 2.24) is 0 Å². The first-order valence-corrected chi connectivity index (χ1v) is 8.72. The van der Waals surface area contributed by atoms with E-state index in [1.807, 2.05) is 24.3 Å². The zero-order chi connectivity index (χ0) is 19.2. The Morgan fingerprint density at radius 2 is 1.52 bits per heavy atom. The predicted octanol–water partition coefficient (Wildman–Crippen LogP) is 4.88. The van der Waals surface area contributed by atoms with Crippen LogP contribution in [0.3, 0.4) is 0 Å². The zero-order valence-electron chi connectivity index (χ0n) is 15.4. The predicted molar refractivity (Wildman–Crippen MR) is 107 cm³/mol. The van der Waals surface area contributed by atoms with E-state index in [1.165, 1.54) is 12.5 Å². The molecule has 0 aliphatic heterocycles. The molecule has 0 aliphatic carbocycles. The SMILES string of the molecule is CC(=O)c1cccc(NC(=O)COc2ccc(-c3ccc(C)cc3)cc2)c1. The lowest BCUT2D eigenvalue weighted by molar-refractivity contribution is -0.118. The number of carbonyl (C=O) groups is 2. The van der Waals surface area contributed by atoms with Crippen LogP contribution in [0.25, 0.3) is 11.1 Å². The van der Waals surface area contributed by atoms with Gasteiger partial charge in [-0.3, -0.25) is 9.59 Å². The third-order valence-electron chi connectivity index (χ3n) is 4.16. The molecular formula is C23H21NO3. The molecule has 0 fully saturated rings. The number of anilines is 1. The van der Waals surface area contributed by atoms with Gasteiger partial charge in [-0.25, -0.2) is 0 Å². The van der Waals surface area contributed by atoms with Gasteiger partial charge >= 0.3 is 0 Å². The molecule has 0 saturated carbocycles. The molecule has 0 aliphatic rings. The third kappa shape index (κ3) is 5.05. The summed E-state index contributed by atoms with van der Waals surface area (Å²) in [6.07, 6.45) is 0. The van der Waals surface area contributed by atoms with E-state index < -0.39 is 0 Å². The van der Waals surface area contributed by atoms with Crippen molar-refractivity contribution in [2.24, 2.45) is 0 Å². The summed E-state index contributed by atoms with van der Waals surface area (Å²) < 4.78 is 5.55. The van der Waals surface area contributed by atoms with Gasteiger partial charge in [-0.05, 0) is 49.2 Å². The molecule has 0 saturated heterocycles. The fourth-order valence-electron chi connectivity index (χ4n) is 2.65. The standard InChI is InChI=1S/C23H21NO3/c1-16-6-8-18(9-7-16)19-10-12-22(13-11-19)27-15-23(26)24-21-5-3-4-20(14-21)17(2)25/h3-14H,15H2,1-2H3,(H,24,26). The van der Waals surface area contributed by atoms with Gasteiger partial charge in [0.15, 0.2) is 12.4 Å². The van der Waals surface area contributed by atoms with Crippen molar-refractivity contribution in [2.45, 2.75) is 13.8 Å². The smallest absolute Gasteiger partial charge is 0.262 e. The maximum atomic E-state index is 12.1. The Labute approximate surface area is 158 Å². The molecule has 1 amide bonds. The average Bonchev–Trinajstić information content (AvgIpc) is 2.68. The van der Waals surface area contributed by atoms with Gasteiger partial charge in [-0.1, -0.05) is 54.1 Å². The second kappa shape index (κ2) is 8.32. The molecule has 3 rings (SSSR count). The number of ketones is 1. The second-order valence-corrected chi connectivity index (χ2v) is 6.36. The Balaban J connectivity index is 1.56. The molecular weight excluding hydrogens is 338 g/mol. The van der Waals surface area contributed by atoms with Crippen molar-refractivity contribution in [3.63, 3.8) is 0 Å². The first-order valence-electron chi connectivity index (χ1n) is 8.72. The third-order valence-corrected chi connectivity index (χ3v) is 4.16. The molecule has 136 valence electrons. The maximum absolute atomic E-state index is 12.1. The number of benzene rings is 3. The number of rotatable bonds is 6. The van der Waals surface area contributed by atoms with Gasteiger partial charge in [0.1, 0.15) is 5.75 Å². The van der Waals surface area contributed by atoms with E-state index in [9.17, 15) is 9.59 Å². The maximum Gasteiger partial charge on any atom is 0.262 e. The first-order chi connectivity index (χ1) is 13.0. The molecule has 0 heterocycles. The van der Waals surface area contributed by atoms with E-state index in [-0.39, 0.29) is 18.3 Å². The van der Waals surface area contributed by atoms with Crippen LogP contribution in [0.1, 0.15) is 22.8 Å². The lowest BCUT2D eigenvalue weighted by atomic mass is 10.0. The topological polar surface area (TPSA) is 55.4 Å². The lowest BCUT2D eigenvalue weighted by Crippen LogP contribution is -2.20. The summed E-state index contributed by atoms with van der Waals surface area (Å²) >= 11 is 0. The highest BCUT2D eigenvalue weighted by Gasteiger charge is 2.06. The minimum absolute atomic E-state index is 0.0454. The Bertz CT molecular complexity index is 944. The molecule has 0 bridgehead atoms. The molecule has 0 radical (unpaired) electrons. The van der Waals surface area contributed by atoms with Crippen molar-refractivity contribution in [2.75, 3.05) is 11.9 Å². The van der Waals surface area contributed by atoms with Crippen LogP contribution in [0, 0.1) is 6.92 Å². The summed E-state index contributed by atoms with van der Waals surface area (Å²) in [4.78, 5) is 23.5. The molecule has 0 unspecified atom stereocenters. The van der Waals surface area contributed by atoms with Crippen LogP contribution in [0.2, 0.25) is 0 Å². The van der Waals surface area contributed by atoms with E-state index in [4.69, 9.17) is 4.74 Å². The fourth-order valence-corrected chi connectivity index (χ4v) is 2.65. The summed E-state index contributed by atoms with van der Waals surface area (Å²) in [6.45, 7) is 3.45. The molecule has 4 heteroatoms. The number of carbonyl (C=O) groups excluding carboxylic acids is 2. The van der Waals surface area contributed by atoms with Crippen molar-refractivity contribution in [3.8, 4) is 16.9 Å². The van der Waals surface area contributed by atoms with E-state index in [0.29, 0.717) is 17.0 Å². The molecule has 3 aromatic carbocycles. The Hall–Kier alpha value is -3.40. The van der Waals surface area contributed by atoms with Gasteiger partial charge in [0.05, 0.1) is 0 Å². The molecule has 0 spiro atoms. The van der Waals surface area contributed by atoms with Gasteiger partial charge in [0, 0.05) is 11.3 Å². The Morgan fingerprint density at radius 1 is 0.889 bits per heavy atom. The van der Waals surface area contributed by atoms with Crippen LogP contribution in [0.5, 0.6) is 5.75 Å². The van der Waals surface area contributed by atoms with E-state index in [0.717, 1.165) is 11.1 Å². The number of amides is 1. The Kier molecular flexibility index (Phi) is 5.67. The van der Waals surface area contributed by atoms with Crippen LogP contribution in [0.4, 0.5) is 5.69 Å². The number of hydrogen-bond donors (Lipinski definition) is 1. The summed E-state index contributed by atoms with van der Waals surface area (Å²) in [5, 5.41) is 2.73. The van der Waals surface area contributed by atoms with Crippen molar-refractivity contribution in [3.05, 3.63) is 83.9 Å². The number of ether oxygens (including phenoxy) is 1. The molecule has 27 heavy (non-hydrogen) atoms. The quantitative estimate of drug-likeness (QED) is 0.638. The van der Waals surface area contributed by atoms with Gasteiger partial charge in [0.25, 0.3) is 5.91 Å². The fraction of sp³-hybridized carbons (Fsp3) is 0.130. The van der Waals surface area contributed by atoms with Crippen LogP contribution in [-0.4, -0.2) is 18.3 Å². The molecule has 1 N–H and O–H groups in total. The molecule has 4 nitrogen and oxygen atoms in total. The minimum Gasteiger partial charge on any atom is -0.484 e. The summed E-state index contributed by atoms with van der Waals surface area (Å²) in [5.74, 6) is 0.299. The monoisotopic (exact) mass is 359 g/mol. The van der Waals surface area contributed by atoms with Crippen LogP contribution >= 0.6 is 0 Å². The highest BCUT2D eigenvalue weighted by Crippen LogP contribution is 2.22. The van der Waals surface area contributed by atoms with Crippen molar-refractivity contribution >= 4 is 17.4 Å². The molecule has 0 atom stereocenters. The van der Waals surface area contributed by atoms with Gasteiger partial charge in [0.2, 0.25) is 0 Å². The Morgan fingerprint density at radius 3 is 2.15 bits per heavy atom. The summed E-state index contributed by atoms with van der Waals surface area (Å²) in [5.41, 5.74) is 4.58. The summed E-state index contributed by atoms with van der Waals surface area (Å²) in [7, 11) is 0. The number of hydrogen-bond acceptors (Lipinski definition) is 3. The lowest BCUT2D eigenvalue weighted by Gasteiger charge is -2.09. The van der Waals surface area contributed by atoms with Crippen molar-refractivity contribution < 1.29 is 14.3 Å². The van der Waals surface area contributed by atoms with E-state index >= 15 is 0 Å². The minimum atomic E-state index is -0.279. The highest BCUT2D eigenvalue weighted by atomic mass is 16.5. The van der Waals surface area contributed by atoms with Crippen LogP contribution in [-0.2, 0) is 4.79 Å². The molecule has 0 aromatic heterocycles. The van der Waals surface area contributed by atoms with Crippen molar-refractivity contribution in [1.29, 1.82) is 0 Å². The number of Topliss-reactive ketones (excluding diaryl/α,β-unsaturated/α-hetero) is 1. The first kappa shape index (κ1) is 18.4. The van der Waals surface area contributed by atoms with Gasteiger partial charge in [-0.15, -0.1) is 0 Å². The number of aryl methyl sites for hydroxylation is 1. The van der Waals surface area contributed by atoms with Gasteiger partial charge < -0.3 is 10.1 Å². The van der Waals surface area contributed by atoms with E-state index in [2.05, 4.69) is 36.5 Å². The summed E-state index contributed by atoms with van der Waals surface area (Å²) in [6, 6.07) is 22.8. The van der Waals surface area contributed by atoms with Crippen LogP contribution < -0.4 is 10.1 Å². The second-order valence-electron chi connectivity index (χ2n) is 6.36. The molecule has 3 aromatic rings. The average molecular weight is 359 g/mol. The highest BCUT2D eigenvalue weighted by molar-refractivity contribution is 5.97. The van der Waals surface area contributed by atoms with E-state index in [1.54, 1.807) is 24.3 Å². The van der Waals surface area contributed by atoms with Crippen LogP contribution in [0.15, 0.2) is 72.8 Å². The van der Waals surface area contributed by atoms with Gasteiger partial charge in [-0.2, -0.15) is 0 Å². The normalized spacial score (nSPS) is 10.3. The largest absolute Gasteiger partial charge is 0.484 e.